The zero-order chi connectivity index (χ0) is 17.6. The lowest BCUT2D eigenvalue weighted by Crippen LogP contribution is -2.49. The molecular formula is C17H35NO4. The number of hydrogen-bond acceptors (Lipinski definition) is 4. The van der Waals surface area contributed by atoms with Crippen LogP contribution >= 0.6 is 0 Å². The van der Waals surface area contributed by atoms with Crippen molar-refractivity contribution >= 4 is 6.09 Å². The van der Waals surface area contributed by atoms with Gasteiger partial charge in [-0.1, -0.05) is 20.8 Å². The average molecular weight is 317 g/mol. The highest BCUT2D eigenvalue weighted by atomic mass is 16.6. The zero-order valence-corrected chi connectivity index (χ0v) is 15.6. The Labute approximate surface area is 136 Å². The summed E-state index contributed by atoms with van der Waals surface area (Å²) in [6.45, 7) is 16.4. The fourth-order valence-corrected chi connectivity index (χ4v) is 2.10. The second kappa shape index (κ2) is 8.73. The van der Waals surface area contributed by atoms with E-state index in [0.29, 0.717) is 13.0 Å². The lowest BCUT2D eigenvalue weighted by Gasteiger charge is -2.35. The highest BCUT2D eigenvalue weighted by molar-refractivity contribution is 5.69. The molecular weight excluding hydrogens is 282 g/mol. The number of hydrogen-bond donors (Lipinski definition) is 1. The molecule has 0 bridgehead atoms. The molecule has 0 radical (unpaired) electrons. The molecule has 0 aromatic heterocycles. The molecule has 0 aromatic carbocycles. The first-order chi connectivity index (χ1) is 9.90. The molecule has 1 fully saturated rings. The molecule has 1 unspecified atom stereocenters. The first-order valence-corrected chi connectivity index (χ1v) is 8.18. The molecule has 1 amide bonds. The van der Waals surface area contributed by atoms with Gasteiger partial charge in [0.2, 0.25) is 0 Å². The van der Waals surface area contributed by atoms with Gasteiger partial charge in [0.15, 0.2) is 0 Å². The molecule has 1 heterocycles. The number of aliphatic hydroxyl groups is 1. The number of carbonyl (C=O) groups is 1. The molecule has 0 aliphatic carbocycles. The lowest BCUT2D eigenvalue weighted by molar-refractivity contribution is -0.0628. The van der Waals surface area contributed by atoms with Crippen molar-refractivity contribution in [2.45, 2.75) is 85.6 Å². The van der Waals surface area contributed by atoms with Gasteiger partial charge in [0.1, 0.15) is 11.3 Å². The van der Waals surface area contributed by atoms with Gasteiger partial charge in [0.25, 0.3) is 0 Å². The van der Waals surface area contributed by atoms with Crippen LogP contribution in [0.3, 0.4) is 0 Å². The maximum atomic E-state index is 12.2. The Bertz CT molecular complexity index is 331. The van der Waals surface area contributed by atoms with Gasteiger partial charge in [-0.25, -0.2) is 4.79 Å². The summed E-state index contributed by atoms with van der Waals surface area (Å²) < 4.78 is 11.1. The van der Waals surface area contributed by atoms with Crippen molar-refractivity contribution in [2.75, 3.05) is 13.2 Å². The Morgan fingerprint density at radius 3 is 2.27 bits per heavy atom. The van der Waals surface area contributed by atoms with E-state index < -0.39 is 11.3 Å². The second-order valence-corrected chi connectivity index (χ2v) is 7.86. The summed E-state index contributed by atoms with van der Waals surface area (Å²) in [5.74, 6) is 0.833. The van der Waals surface area contributed by atoms with Crippen molar-refractivity contribution in [3.05, 3.63) is 0 Å². The third kappa shape index (κ3) is 7.99. The van der Waals surface area contributed by atoms with Crippen molar-refractivity contribution in [1.29, 1.82) is 0 Å². The van der Waals surface area contributed by atoms with Gasteiger partial charge < -0.3 is 14.6 Å². The van der Waals surface area contributed by atoms with E-state index in [-0.39, 0.29) is 18.7 Å². The summed E-state index contributed by atoms with van der Waals surface area (Å²) in [5.41, 5.74) is -1.17. The molecule has 22 heavy (non-hydrogen) atoms. The third-order valence-electron chi connectivity index (χ3n) is 2.86. The monoisotopic (exact) mass is 317 g/mol. The van der Waals surface area contributed by atoms with Gasteiger partial charge in [0, 0.05) is 6.61 Å². The number of nitrogens with zero attached hydrogens (tertiary/aromatic N) is 1. The quantitative estimate of drug-likeness (QED) is 0.860. The molecule has 0 saturated carbocycles. The number of aliphatic hydroxyl groups excluding tert-OH is 1. The minimum atomic E-state index is -0.650. The molecule has 1 rings (SSSR count). The van der Waals surface area contributed by atoms with Gasteiger partial charge in [-0.15, -0.1) is 0 Å². The molecule has 5 heteroatoms. The van der Waals surface area contributed by atoms with Crippen LogP contribution in [0.4, 0.5) is 4.79 Å². The van der Waals surface area contributed by atoms with Gasteiger partial charge in [0.05, 0.1) is 12.6 Å². The lowest BCUT2D eigenvalue weighted by atomic mass is 10.1. The van der Waals surface area contributed by atoms with E-state index in [9.17, 15) is 4.79 Å². The van der Waals surface area contributed by atoms with Crippen LogP contribution in [0, 0.1) is 5.92 Å². The SMILES string of the molecule is CC(C)(C)OC(=O)N1C(CCCO)COC1(C)C.CC(C)C. The van der Waals surface area contributed by atoms with E-state index in [1.54, 1.807) is 4.90 Å². The van der Waals surface area contributed by atoms with Crippen LogP contribution in [0.2, 0.25) is 0 Å². The van der Waals surface area contributed by atoms with Gasteiger partial charge in [-0.2, -0.15) is 0 Å². The minimum Gasteiger partial charge on any atom is -0.444 e. The summed E-state index contributed by atoms with van der Waals surface area (Å²) in [4.78, 5) is 13.9. The van der Waals surface area contributed by atoms with E-state index in [4.69, 9.17) is 14.6 Å². The zero-order valence-electron chi connectivity index (χ0n) is 15.6. The topological polar surface area (TPSA) is 59.0 Å². The summed E-state index contributed by atoms with van der Waals surface area (Å²) in [7, 11) is 0. The van der Waals surface area contributed by atoms with Crippen LogP contribution < -0.4 is 0 Å². The summed E-state index contributed by atoms with van der Waals surface area (Å²) >= 11 is 0. The Balaban J connectivity index is 0.000000980. The van der Waals surface area contributed by atoms with Gasteiger partial charge in [-0.3, -0.25) is 4.90 Å². The van der Waals surface area contributed by atoms with Crippen molar-refractivity contribution in [3.63, 3.8) is 0 Å². The fraction of sp³-hybridized carbons (Fsp3) is 0.941. The fourth-order valence-electron chi connectivity index (χ4n) is 2.10. The maximum Gasteiger partial charge on any atom is 0.412 e. The van der Waals surface area contributed by atoms with E-state index in [2.05, 4.69) is 20.8 Å². The van der Waals surface area contributed by atoms with E-state index in [1.165, 1.54) is 0 Å². The Kier molecular flexibility index (Phi) is 8.40. The van der Waals surface area contributed by atoms with Crippen molar-refractivity contribution in [3.8, 4) is 0 Å². The average Bonchev–Trinajstić information content (AvgIpc) is 2.58. The van der Waals surface area contributed by atoms with Crippen LogP contribution in [-0.2, 0) is 9.47 Å². The predicted molar refractivity (Wildman–Crippen MR) is 88.7 cm³/mol. The minimum absolute atomic E-state index is 0.0259. The molecule has 1 N–H and O–H groups in total. The van der Waals surface area contributed by atoms with Crippen LogP contribution in [0.15, 0.2) is 0 Å². The molecule has 5 nitrogen and oxygen atoms in total. The van der Waals surface area contributed by atoms with Crippen LogP contribution in [-0.4, -0.2) is 46.7 Å². The Morgan fingerprint density at radius 1 is 1.36 bits per heavy atom. The van der Waals surface area contributed by atoms with E-state index in [0.717, 1.165) is 12.3 Å². The largest absolute Gasteiger partial charge is 0.444 e. The second-order valence-electron chi connectivity index (χ2n) is 7.86. The number of ether oxygens (including phenoxy) is 2. The highest BCUT2D eigenvalue weighted by Crippen LogP contribution is 2.31. The predicted octanol–water partition coefficient (Wildman–Crippen LogP) is 3.79. The van der Waals surface area contributed by atoms with Crippen LogP contribution in [0.1, 0.15) is 68.2 Å². The molecule has 0 aromatic rings. The standard InChI is InChI=1S/C13H25NO4.C4H10/c1-12(2,3)18-11(16)14-10(7-6-8-15)9-17-13(14,4)5;1-4(2)3/h10,15H,6-9H2,1-5H3;4H,1-3H3. The summed E-state index contributed by atoms with van der Waals surface area (Å²) in [5, 5.41) is 8.89. The van der Waals surface area contributed by atoms with Crippen molar-refractivity contribution < 1.29 is 19.4 Å². The first kappa shape index (κ1) is 21.2. The molecule has 0 spiro atoms. The Morgan fingerprint density at radius 2 is 1.86 bits per heavy atom. The number of amides is 1. The van der Waals surface area contributed by atoms with E-state index >= 15 is 0 Å². The number of carbonyl (C=O) groups excluding carboxylic acids is 1. The third-order valence-corrected chi connectivity index (χ3v) is 2.86. The molecule has 132 valence electrons. The van der Waals surface area contributed by atoms with Crippen LogP contribution in [0.5, 0.6) is 0 Å². The molecule has 1 aliphatic rings. The molecule has 1 saturated heterocycles. The van der Waals surface area contributed by atoms with Gasteiger partial charge in [-0.05, 0) is 53.4 Å². The summed E-state index contributed by atoms with van der Waals surface area (Å²) in [6, 6.07) is -0.0259. The van der Waals surface area contributed by atoms with Gasteiger partial charge >= 0.3 is 6.09 Å². The van der Waals surface area contributed by atoms with Crippen molar-refractivity contribution in [1.82, 2.24) is 4.90 Å². The Hall–Kier alpha value is -0.810. The normalized spacial score (nSPS) is 20.6. The highest BCUT2D eigenvalue weighted by Gasteiger charge is 2.45. The summed E-state index contributed by atoms with van der Waals surface area (Å²) in [6.07, 6.45) is 1.02. The molecule has 1 atom stereocenters. The van der Waals surface area contributed by atoms with Crippen LogP contribution in [0.25, 0.3) is 0 Å². The van der Waals surface area contributed by atoms with E-state index in [1.807, 2.05) is 34.6 Å². The maximum absolute atomic E-state index is 12.2. The molecule has 1 aliphatic heterocycles. The first-order valence-electron chi connectivity index (χ1n) is 8.18. The van der Waals surface area contributed by atoms with Crippen molar-refractivity contribution in [2.24, 2.45) is 5.92 Å². The number of rotatable bonds is 3. The smallest absolute Gasteiger partial charge is 0.412 e.